The second kappa shape index (κ2) is 4.71. The van der Waals surface area contributed by atoms with Crippen LogP contribution in [-0.2, 0) is 21.5 Å². The molecular formula is C18H22N2O4. The fraction of sp³-hybridized carbons (Fsp3) is 0.611. The zero-order chi connectivity index (χ0) is 16.6. The van der Waals surface area contributed by atoms with E-state index in [4.69, 9.17) is 9.47 Å². The number of carboxylic acid groups (broad SMARTS) is 1. The Labute approximate surface area is 140 Å². The molecule has 5 rings (SSSR count). The van der Waals surface area contributed by atoms with Crippen LogP contribution in [0.4, 0.5) is 0 Å². The number of fused-ring (bicyclic) bond motifs is 6. The maximum Gasteiger partial charge on any atom is 0.308 e. The smallest absolute Gasteiger partial charge is 0.308 e. The van der Waals surface area contributed by atoms with Crippen molar-refractivity contribution >= 4 is 5.97 Å². The highest BCUT2D eigenvalue weighted by molar-refractivity contribution is 5.72. The van der Waals surface area contributed by atoms with E-state index < -0.39 is 5.97 Å². The molecule has 1 aromatic rings. The van der Waals surface area contributed by atoms with Gasteiger partial charge in [-0.2, -0.15) is 0 Å². The number of benzene rings is 1. The van der Waals surface area contributed by atoms with E-state index in [9.17, 15) is 9.90 Å². The lowest BCUT2D eigenvalue weighted by molar-refractivity contribution is -0.143. The van der Waals surface area contributed by atoms with Gasteiger partial charge in [0.2, 0.25) is 0 Å². The molecule has 4 aliphatic rings. The number of hydrogen-bond acceptors (Lipinski definition) is 5. The zero-order valence-electron chi connectivity index (χ0n) is 13.9. The van der Waals surface area contributed by atoms with Gasteiger partial charge >= 0.3 is 5.97 Å². The lowest BCUT2D eigenvalue weighted by Gasteiger charge is -2.52. The Morgan fingerprint density at radius 3 is 3.08 bits per heavy atom. The molecule has 2 bridgehead atoms. The Hall–Kier alpha value is -1.63. The van der Waals surface area contributed by atoms with Gasteiger partial charge in [0.25, 0.3) is 0 Å². The monoisotopic (exact) mass is 330 g/mol. The highest BCUT2D eigenvalue weighted by Gasteiger charge is 2.63. The summed E-state index contributed by atoms with van der Waals surface area (Å²) < 4.78 is 11.8. The Kier molecular flexibility index (Phi) is 2.89. The maximum atomic E-state index is 11.7. The summed E-state index contributed by atoms with van der Waals surface area (Å²) in [5.74, 6) is -0.140. The molecule has 6 atom stereocenters. The molecule has 3 saturated heterocycles. The van der Waals surface area contributed by atoms with Gasteiger partial charge in [-0.1, -0.05) is 12.1 Å². The van der Waals surface area contributed by atoms with E-state index in [1.165, 1.54) is 11.1 Å². The number of piperazine rings is 1. The predicted octanol–water partition coefficient (Wildman–Crippen LogP) is 0.938. The molecule has 0 spiro atoms. The van der Waals surface area contributed by atoms with Gasteiger partial charge in [-0.05, 0) is 31.4 Å². The molecule has 6 heteroatoms. The molecule has 2 N–H and O–H groups in total. The average Bonchev–Trinajstić information content (AvgIpc) is 3.12. The Morgan fingerprint density at radius 2 is 2.33 bits per heavy atom. The largest absolute Gasteiger partial charge is 0.496 e. The van der Waals surface area contributed by atoms with Gasteiger partial charge in [-0.15, -0.1) is 0 Å². The molecule has 0 radical (unpaired) electrons. The number of nitrogens with one attached hydrogen (secondary N) is 1. The molecule has 4 aliphatic heterocycles. The summed E-state index contributed by atoms with van der Waals surface area (Å²) in [6.45, 7) is 2.82. The van der Waals surface area contributed by atoms with Crippen LogP contribution in [0.5, 0.6) is 5.75 Å². The van der Waals surface area contributed by atoms with Crippen LogP contribution in [0.1, 0.15) is 24.5 Å². The molecule has 6 nitrogen and oxygen atoms in total. The molecule has 0 saturated carbocycles. The Bertz CT molecular complexity index is 723. The molecule has 0 aliphatic carbocycles. The summed E-state index contributed by atoms with van der Waals surface area (Å²) >= 11 is 0. The van der Waals surface area contributed by atoms with Crippen LogP contribution in [0.2, 0.25) is 0 Å². The number of ether oxygens (including phenoxy) is 2. The van der Waals surface area contributed by atoms with Gasteiger partial charge in [-0.25, -0.2) is 0 Å². The zero-order valence-corrected chi connectivity index (χ0v) is 13.9. The Balaban J connectivity index is 1.67. The van der Waals surface area contributed by atoms with Crippen molar-refractivity contribution in [3.63, 3.8) is 0 Å². The summed E-state index contributed by atoms with van der Waals surface area (Å²) in [6.07, 6.45) is 1.41. The van der Waals surface area contributed by atoms with Crippen molar-refractivity contribution in [2.75, 3.05) is 13.7 Å². The summed E-state index contributed by atoms with van der Waals surface area (Å²) in [7, 11) is 1.71. The third-order valence-corrected chi connectivity index (χ3v) is 6.46. The lowest BCUT2D eigenvalue weighted by Crippen LogP contribution is -2.68. The van der Waals surface area contributed by atoms with E-state index >= 15 is 0 Å². The van der Waals surface area contributed by atoms with Crippen molar-refractivity contribution < 1.29 is 19.4 Å². The van der Waals surface area contributed by atoms with Crippen molar-refractivity contribution in [1.82, 2.24) is 10.2 Å². The number of aliphatic carboxylic acids is 1. The molecule has 4 unspecified atom stereocenters. The van der Waals surface area contributed by atoms with Gasteiger partial charge < -0.3 is 19.9 Å². The van der Waals surface area contributed by atoms with Gasteiger partial charge in [-0.3, -0.25) is 9.69 Å². The minimum atomic E-state index is -0.700. The predicted molar refractivity (Wildman–Crippen MR) is 85.9 cm³/mol. The van der Waals surface area contributed by atoms with Crippen molar-refractivity contribution in [2.24, 2.45) is 5.92 Å². The number of rotatable bonds is 2. The molecule has 4 heterocycles. The van der Waals surface area contributed by atoms with Crippen LogP contribution in [0.3, 0.4) is 0 Å². The first kappa shape index (κ1) is 14.7. The SMILES string of the molecule is COc1cccc2c1[C@@]1(C)COC3C4C[C@H](C(=O)O)C(N4)C(C2)N31. The van der Waals surface area contributed by atoms with E-state index in [0.29, 0.717) is 13.0 Å². The summed E-state index contributed by atoms with van der Waals surface area (Å²) in [4.78, 5) is 14.2. The first-order chi connectivity index (χ1) is 11.5. The fourth-order valence-corrected chi connectivity index (χ4v) is 5.59. The van der Waals surface area contributed by atoms with E-state index in [1.54, 1.807) is 7.11 Å². The minimum Gasteiger partial charge on any atom is -0.496 e. The van der Waals surface area contributed by atoms with Crippen LogP contribution < -0.4 is 10.1 Å². The standard InChI is InChI=1S/C18H22N2O4/c1-18-8-24-16-11-7-10(17(21)22)15(19-11)12(20(16)18)6-9-4-3-5-13(23-2)14(9)18/h3-5,10-12,15-16,19H,6-8H2,1-2H3,(H,21,22)/t10-,11?,12?,15?,16?,18+/m0/s1. The van der Waals surface area contributed by atoms with Crippen molar-refractivity contribution in [2.45, 2.75) is 49.7 Å². The van der Waals surface area contributed by atoms with Crippen LogP contribution in [-0.4, -0.2) is 54.0 Å². The first-order valence-corrected chi connectivity index (χ1v) is 8.60. The second-order valence-corrected chi connectivity index (χ2v) is 7.63. The first-order valence-electron chi connectivity index (χ1n) is 8.60. The molecule has 0 aromatic heterocycles. The second-order valence-electron chi connectivity index (χ2n) is 7.63. The van der Waals surface area contributed by atoms with Crippen molar-refractivity contribution in [3.05, 3.63) is 29.3 Å². The highest BCUT2D eigenvalue weighted by Crippen LogP contribution is 2.53. The Morgan fingerprint density at radius 1 is 1.50 bits per heavy atom. The number of carboxylic acids is 1. The van der Waals surface area contributed by atoms with Gasteiger partial charge in [0.05, 0.1) is 25.2 Å². The molecule has 24 heavy (non-hydrogen) atoms. The normalized spacial score (nSPS) is 42.5. The molecule has 0 amide bonds. The number of hydrogen-bond donors (Lipinski definition) is 2. The van der Waals surface area contributed by atoms with Crippen molar-refractivity contribution in [1.29, 1.82) is 0 Å². The number of nitrogens with zero attached hydrogens (tertiary/aromatic N) is 1. The third-order valence-electron chi connectivity index (χ3n) is 6.46. The van der Waals surface area contributed by atoms with Crippen molar-refractivity contribution in [3.8, 4) is 5.75 Å². The third kappa shape index (κ3) is 1.64. The highest BCUT2D eigenvalue weighted by atomic mass is 16.5. The number of carbonyl (C=O) groups is 1. The quantitative estimate of drug-likeness (QED) is 0.841. The van der Waals surface area contributed by atoms with Gasteiger partial charge in [0, 0.05) is 23.7 Å². The van der Waals surface area contributed by atoms with Crippen LogP contribution in [0, 0.1) is 5.92 Å². The van der Waals surface area contributed by atoms with E-state index in [2.05, 4.69) is 23.2 Å². The maximum absolute atomic E-state index is 11.7. The van der Waals surface area contributed by atoms with E-state index in [0.717, 1.165) is 12.2 Å². The van der Waals surface area contributed by atoms with Crippen LogP contribution >= 0.6 is 0 Å². The van der Waals surface area contributed by atoms with E-state index in [-0.39, 0.29) is 35.8 Å². The lowest BCUT2D eigenvalue weighted by atomic mass is 9.76. The molecule has 3 fully saturated rings. The average molecular weight is 330 g/mol. The molecular weight excluding hydrogens is 308 g/mol. The van der Waals surface area contributed by atoms with Gasteiger partial charge in [0.15, 0.2) is 0 Å². The van der Waals surface area contributed by atoms with Crippen LogP contribution in [0.15, 0.2) is 18.2 Å². The topological polar surface area (TPSA) is 71.0 Å². The number of methoxy groups -OCH3 is 1. The summed E-state index contributed by atoms with van der Waals surface area (Å²) in [6, 6.07) is 6.38. The summed E-state index contributed by atoms with van der Waals surface area (Å²) in [5, 5.41) is 13.2. The summed E-state index contributed by atoms with van der Waals surface area (Å²) in [5.41, 5.74) is 2.19. The van der Waals surface area contributed by atoms with Gasteiger partial charge in [0.1, 0.15) is 12.0 Å². The molecule has 128 valence electrons. The van der Waals surface area contributed by atoms with E-state index in [1.807, 2.05) is 12.1 Å². The fourth-order valence-electron chi connectivity index (χ4n) is 5.59. The minimum absolute atomic E-state index is 0.0240. The molecule has 1 aromatic carbocycles. The van der Waals surface area contributed by atoms with Crippen LogP contribution in [0.25, 0.3) is 0 Å².